The van der Waals surface area contributed by atoms with Gasteiger partial charge in [0, 0.05) is 33.4 Å². The van der Waals surface area contributed by atoms with Crippen LogP contribution in [0.5, 0.6) is 0 Å². The molecule has 310 valence electrons. The summed E-state index contributed by atoms with van der Waals surface area (Å²) in [5.41, 5.74) is 18.6. The summed E-state index contributed by atoms with van der Waals surface area (Å²) in [6, 6.07) is 96.9. The Morgan fingerprint density at radius 2 is 0.712 bits per heavy atom. The number of para-hydroxylation sites is 3. The molecule has 0 spiro atoms. The monoisotopic (exact) mass is 840 g/mol. The van der Waals surface area contributed by atoms with E-state index in [1.165, 1.54) is 77.1 Å². The highest BCUT2D eigenvalue weighted by Crippen LogP contribution is 2.44. The van der Waals surface area contributed by atoms with Gasteiger partial charge in [-0.05, 0) is 128 Å². The van der Waals surface area contributed by atoms with Crippen LogP contribution in [0.3, 0.4) is 0 Å². The SMILES string of the molecule is c1ccc(-c2ccc(N(c3ccc(-c4cccc(-c5ccc6ccccc6c5)c4)cc3)c3ccc(-c4ccccc4-n4c5ccccc5c5ccccc54)c(-c4ccccc4)c3)cc2)cc1. The number of benzene rings is 11. The molecule has 0 saturated carbocycles. The van der Waals surface area contributed by atoms with Crippen molar-refractivity contribution >= 4 is 49.6 Å². The van der Waals surface area contributed by atoms with Crippen molar-refractivity contribution in [3.8, 4) is 61.3 Å². The lowest BCUT2D eigenvalue weighted by Crippen LogP contribution is -2.10. The fourth-order valence-corrected chi connectivity index (χ4v) is 9.77. The molecule has 0 aliphatic heterocycles. The van der Waals surface area contributed by atoms with Gasteiger partial charge in [-0.2, -0.15) is 0 Å². The van der Waals surface area contributed by atoms with Crippen LogP contribution in [0.2, 0.25) is 0 Å². The average Bonchev–Trinajstić information content (AvgIpc) is 3.74. The number of fused-ring (bicyclic) bond motifs is 4. The highest BCUT2D eigenvalue weighted by molar-refractivity contribution is 6.10. The molecule has 0 aliphatic carbocycles. The van der Waals surface area contributed by atoms with E-state index in [0.29, 0.717) is 0 Å². The third kappa shape index (κ3) is 7.12. The minimum absolute atomic E-state index is 1.07. The number of rotatable bonds is 9. The summed E-state index contributed by atoms with van der Waals surface area (Å²) in [6.45, 7) is 0. The first kappa shape index (κ1) is 38.9. The molecule has 0 saturated heterocycles. The van der Waals surface area contributed by atoms with Gasteiger partial charge in [-0.3, -0.25) is 0 Å². The lowest BCUT2D eigenvalue weighted by molar-refractivity contribution is 1.18. The van der Waals surface area contributed by atoms with E-state index in [1.807, 2.05) is 0 Å². The molecular formula is C64H44N2. The predicted molar refractivity (Wildman–Crippen MR) is 280 cm³/mol. The topological polar surface area (TPSA) is 8.17 Å². The zero-order valence-electron chi connectivity index (χ0n) is 36.3. The van der Waals surface area contributed by atoms with E-state index in [2.05, 4.69) is 276 Å². The number of hydrogen-bond donors (Lipinski definition) is 0. The van der Waals surface area contributed by atoms with Crippen molar-refractivity contribution in [3.05, 3.63) is 267 Å². The second-order valence-corrected chi connectivity index (χ2v) is 16.9. The number of hydrogen-bond acceptors (Lipinski definition) is 1. The summed E-state index contributed by atoms with van der Waals surface area (Å²) in [5, 5.41) is 5.00. The lowest BCUT2D eigenvalue weighted by Gasteiger charge is -2.27. The van der Waals surface area contributed by atoms with Crippen LogP contribution in [0.15, 0.2) is 267 Å². The largest absolute Gasteiger partial charge is 0.310 e. The van der Waals surface area contributed by atoms with Crippen molar-refractivity contribution in [1.29, 1.82) is 0 Å². The van der Waals surface area contributed by atoms with Crippen LogP contribution in [-0.4, -0.2) is 4.57 Å². The van der Waals surface area contributed by atoms with E-state index in [4.69, 9.17) is 0 Å². The van der Waals surface area contributed by atoms with Crippen LogP contribution in [0.25, 0.3) is 93.9 Å². The summed E-state index contributed by atoms with van der Waals surface area (Å²) in [6.07, 6.45) is 0. The van der Waals surface area contributed by atoms with Crippen LogP contribution >= 0.6 is 0 Å². The molecule has 2 nitrogen and oxygen atoms in total. The molecule has 11 aromatic carbocycles. The summed E-state index contributed by atoms with van der Waals surface area (Å²) in [4.78, 5) is 2.39. The van der Waals surface area contributed by atoms with E-state index < -0.39 is 0 Å². The van der Waals surface area contributed by atoms with Crippen molar-refractivity contribution in [2.45, 2.75) is 0 Å². The van der Waals surface area contributed by atoms with Crippen LogP contribution in [0.1, 0.15) is 0 Å². The minimum Gasteiger partial charge on any atom is -0.310 e. The van der Waals surface area contributed by atoms with E-state index >= 15 is 0 Å². The van der Waals surface area contributed by atoms with Gasteiger partial charge < -0.3 is 9.47 Å². The third-order valence-corrected chi connectivity index (χ3v) is 13.0. The van der Waals surface area contributed by atoms with Crippen LogP contribution in [-0.2, 0) is 0 Å². The van der Waals surface area contributed by atoms with Gasteiger partial charge in [0.2, 0.25) is 0 Å². The van der Waals surface area contributed by atoms with Crippen LogP contribution in [0, 0.1) is 0 Å². The van der Waals surface area contributed by atoms with Crippen molar-refractivity contribution in [3.63, 3.8) is 0 Å². The maximum absolute atomic E-state index is 2.43. The molecule has 2 heteroatoms. The Hall–Kier alpha value is -8.72. The Labute approximate surface area is 385 Å². The Balaban J connectivity index is 0.990. The maximum Gasteiger partial charge on any atom is 0.0541 e. The first-order chi connectivity index (χ1) is 32.7. The van der Waals surface area contributed by atoms with Crippen molar-refractivity contribution in [2.24, 2.45) is 0 Å². The van der Waals surface area contributed by atoms with Gasteiger partial charge in [-0.15, -0.1) is 0 Å². The van der Waals surface area contributed by atoms with Crippen molar-refractivity contribution in [2.75, 3.05) is 4.90 Å². The molecule has 66 heavy (non-hydrogen) atoms. The maximum atomic E-state index is 2.43. The predicted octanol–water partition coefficient (Wildman–Crippen LogP) is 17.7. The van der Waals surface area contributed by atoms with Gasteiger partial charge in [0.15, 0.2) is 0 Å². The number of aromatic nitrogens is 1. The van der Waals surface area contributed by atoms with Crippen molar-refractivity contribution in [1.82, 2.24) is 4.57 Å². The Bertz CT molecular complexity index is 3630. The Kier molecular flexibility index (Phi) is 9.89. The third-order valence-electron chi connectivity index (χ3n) is 13.0. The smallest absolute Gasteiger partial charge is 0.0541 e. The standard InChI is InChI=1S/C64H44N2/c1-3-16-45(17-4-1)47-32-36-54(37-33-47)65(55-38-34-48(35-39-55)51-22-15-23-52(42-51)53-31-30-46-18-7-8-21-50(46)43-53)56-40-41-57(61(44-56)49-19-5-2-6-20-49)58-24-9-12-27-62(58)66-63-28-13-10-25-59(63)60-26-11-14-29-64(60)66/h1-44H. The highest BCUT2D eigenvalue weighted by Gasteiger charge is 2.20. The van der Waals surface area contributed by atoms with E-state index in [0.717, 1.165) is 33.9 Å². The summed E-state index contributed by atoms with van der Waals surface area (Å²) >= 11 is 0. The molecule has 0 radical (unpaired) electrons. The fourth-order valence-electron chi connectivity index (χ4n) is 9.77. The summed E-state index contributed by atoms with van der Waals surface area (Å²) < 4.78 is 2.43. The zero-order valence-corrected chi connectivity index (χ0v) is 36.3. The van der Waals surface area contributed by atoms with Crippen molar-refractivity contribution < 1.29 is 0 Å². The van der Waals surface area contributed by atoms with E-state index in [-0.39, 0.29) is 0 Å². The quantitative estimate of drug-likeness (QED) is 0.141. The molecular weight excluding hydrogens is 797 g/mol. The average molecular weight is 841 g/mol. The summed E-state index contributed by atoms with van der Waals surface area (Å²) in [7, 11) is 0. The van der Waals surface area contributed by atoms with Gasteiger partial charge in [-0.1, -0.05) is 200 Å². The fraction of sp³-hybridized carbons (Fsp3) is 0. The second-order valence-electron chi connectivity index (χ2n) is 16.9. The van der Waals surface area contributed by atoms with E-state index in [1.54, 1.807) is 0 Å². The van der Waals surface area contributed by atoms with E-state index in [9.17, 15) is 0 Å². The number of anilines is 3. The van der Waals surface area contributed by atoms with Gasteiger partial charge in [0.05, 0.1) is 16.7 Å². The molecule has 0 aliphatic rings. The second kappa shape index (κ2) is 16.8. The van der Waals surface area contributed by atoms with Crippen LogP contribution in [0.4, 0.5) is 17.1 Å². The molecule has 0 N–H and O–H groups in total. The van der Waals surface area contributed by atoms with Gasteiger partial charge >= 0.3 is 0 Å². The highest BCUT2D eigenvalue weighted by atomic mass is 15.1. The molecule has 0 fully saturated rings. The Morgan fingerprint density at radius 3 is 1.39 bits per heavy atom. The zero-order chi connectivity index (χ0) is 43.8. The summed E-state index contributed by atoms with van der Waals surface area (Å²) in [5.74, 6) is 0. The normalized spacial score (nSPS) is 11.3. The van der Waals surface area contributed by atoms with Gasteiger partial charge in [-0.25, -0.2) is 0 Å². The molecule has 1 aromatic heterocycles. The lowest BCUT2D eigenvalue weighted by atomic mass is 9.92. The first-order valence-corrected chi connectivity index (χ1v) is 22.7. The molecule has 0 atom stereocenters. The molecule has 0 amide bonds. The van der Waals surface area contributed by atoms with Crippen LogP contribution < -0.4 is 4.90 Å². The van der Waals surface area contributed by atoms with Gasteiger partial charge in [0.25, 0.3) is 0 Å². The molecule has 12 rings (SSSR count). The molecule has 1 heterocycles. The molecule has 12 aromatic rings. The number of nitrogens with zero attached hydrogens (tertiary/aromatic N) is 2. The van der Waals surface area contributed by atoms with Gasteiger partial charge in [0.1, 0.15) is 0 Å². The Morgan fingerprint density at radius 1 is 0.242 bits per heavy atom. The molecule has 0 unspecified atom stereocenters. The first-order valence-electron chi connectivity index (χ1n) is 22.7. The minimum atomic E-state index is 1.07. The molecule has 0 bridgehead atoms.